The van der Waals surface area contributed by atoms with Crippen molar-refractivity contribution in [3.63, 3.8) is 0 Å². The number of benzene rings is 1. The minimum atomic E-state index is -1.03. The van der Waals surface area contributed by atoms with E-state index < -0.39 is 36.2 Å². The number of hydrogen-bond acceptors (Lipinski definition) is 7. The molecule has 1 saturated heterocycles. The predicted octanol–water partition coefficient (Wildman–Crippen LogP) is 1.09. The van der Waals surface area contributed by atoms with Crippen LogP contribution < -0.4 is 0 Å². The van der Waals surface area contributed by atoms with Crippen LogP contribution in [0.25, 0.3) is 0 Å². The van der Waals surface area contributed by atoms with Gasteiger partial charge in [0.05, 0.1) is 7.11 Å². The number of hydrogen-bond donors (Lipinski definition) is 1. The van der Waals surface area contributed by atoms with Crippen LogP contribution in [-0.2, 0) is 23.8 Å². The molecule has 1 aromatic carbocycles. The highest BCUT2D eigenvalue weighted by atomic mass is 16.8. The molecule has 0 bridgehead atoms. The Morgan fingerprint density at radius 3 is 2.88 bits per heavy atom. The molecule has 1 spiro atoms. The number of carbonyl (C=O) groups excluding carboxylic acids is 1. The van der Waals surface area contributed by atoms with Crippen molar-refractivity contribution >= 4 is 11.7 Å². The molecule has 2 aliphatic heterocycles. The fourth-order valence-corrected chi connectivity index (χ4v) is 3.39. The first-order chi connectivity index (χ1) is 11.6. The van der Waals surface area contributed by atoms with Crippen molar-refractivity contribution < 1.29 is 28.9 Å². The second kappa shape index (κ2) is 5.70. The summed E-state index contributed by atoms with van der Waals surface area (Å²) < 4.78 is 16.9. The maximum absolute atomic E-state index is 11.8. The number of methoxy groups -OCH3 is 1. The van der Waals surface area contributed by atoms with Gasteiger partial charge in [0.2, 0.25) is 0 Å². The van der Waals surface area contributed by atoms with E-state index in [0.29, 0.717) is 0 Å². The summed E-state index contributed by atoms with van der Waals surface area (Å²) in [7, 11) is 1.28. The van der Waals surface area contributed by atoms with Crippen LogP contribution in [-0.4, -0.2) is 47.8 Å². The average Bonchev–Trinajstić information content (AvgIpc) is 3.01. The summed E-state index contributed by atoms with van der Waals surface area (Å²) in [6, 6.07) is 9.42. The Balaban J connectivity index is 1.70. The molecule has 3 aliphatic rings. The van der Waals surface area contributed by atoms with Crippen LogP contribution in [0.2, 0.25) is 0 Å². The summed E-state index contributed by atoms with van der Waals surface area (Å²) in [5.74, 6) is -0.586. The minimum absolute atomic E-state index is 0.110. The Bertz CT molecular complexity index is 702. The van der Waals surface area contributed by atoms with Gasteiger partial charge in [0.1, 0.15) is 17.8 Å². The molecule has 24 heavy (non-hydrogen) atoms. The molecule has 0 saturated carbocycles. The van der Waals surface area contributed by atoms with Crippen molar-refractivity contribution in [3.8, 4) is 0 Å². The van der Waals surface area contributed by atoms with Gasteiger partial charge in [0.15, 0.2) is 18.1 Å². The lowest BCUT2D eigenvalue weighted by Gasteiger charge is -2.42. The fourth-order valence-electron chi connectivity index (χ4n) is 3.39. The van der Waals surface area contributed by atoms with Gasteiger partial charge in [-0.2, -0.15) is 0 Å². The molecular formula is C17H17NO6. The number of ether oxygens (including phenoxy) is 3. The van der Waals surface area contributed by atoms with Crippen molar-refractivity contribution in [2.24, 2.45) is 5.16 Å². The van der Waals surface area contributed by atoms with Gasteiger partial charge in [-0.1, -0.05) is 41.6 Å². The van der Waals surface area contributed by atoms with Gasteiger partial charge in [-0.05, 0) is 6.08 Å². The molecule has 1 N–H and O–H groups in total. The Hall–Kier alpha value is -2.22. The Kier molecular flexibility index (Phi) is 3.64. The molecule has 4 rings (SSSR count). The molecule has 5 atom stereocenters. The first-order valence-corrected chi connectivity index (χ1v) is 7.69. The summed E-state index contributed by atoms with van der Waals surface area (Å²) in [5.41, 5.74) is -0.0899. The monoisotopic (exact) mass is 331 g/mol. The summed E-state index contributed by atoms with van der Waals surface area (Å²) in [4.78, 5) is 17.3. The van der Waals surface area contributed by atoms with Crippen LogP contribution in [0.4, 0.5) is 0 Å². The van der Waals surface area contributed by atoms with Gasteiger partial charge in [-0.15, -0.1) is 0 Å². The maximum Gasteiger partial charge on any atom is 0.355 e. The molecule has 1 unspecified atom stereocenters. The molecule has 2 heterocycles. The van der Waals surface area contributed by atoms with Gasteiger partial charge in [-0.3, -0.25) is 0 Å². The van der Waals surface area contributed by atoms with E-state index in [9.17, 15) is 9.90 Å². The number of oxime groups is 1. The number of carbonyl (C=O) groups is 1. The van der Waals surface area contributed by atoms with Crippen LogP contribution in [0.3, 0.4) is 0 Å². The second-order valence-corrected chi connectivity index (χ2v) is 5.98. The van der Waals surface area contributed by atoms with Crippen molar-refractivity contribution in [2.75, 3.05) is 7.11 Å². The normalized spacial score (nSPS) is 37.0. The Morgan fingerprint density at radius 1 is 1.33 bits per heavy atom. The number of rotatable bonds is 2. The summed E-state index contributed by atoms with van der Waals surface area (Å²) in [6.07, 6.45) is 0.684. The van der Waals surface area contributed by atoms with Gasteiger partial charge in [0, 0.05) is 12.0 Å². The van der Waals surface area contributed by atoms with E-state index in [1.165, 1.54) is 7.11 Å². The number of nitrogens with zero attached hydrogens (tertiary/aromatic N) is 1. The highest BCUT2D eigenvalue weighted by molar-refractivity contribution is 6.36. The molecule has 1 aromatic rings. The zero-order valence-corrected chi connectivity index (χ0v) is 13.0. The van der Waals surface area contributed by atoms with Gasteiger partial charge < -0.3 is 24.2 Å². The van der Waals surface area contributed by atoms with Crippen molar-refractivity contribution in [2.45, 2.75) is 36.6 Å². The first-order valence-electron chi connectivity index (χ1n) is 7.69. The summed E-state index contributed by atoms with van der Waals surface area (Å²) >= 11 is 0. The van der Waals surface area contributed by atoms with Crippen LogP contribution in [0.1, 0.15) is 18.3 Å². The van der Waals surface area contributed by atoms with E-state index in [1.807, 2.05) is 30.3 Å². The molecule has 126 valence electrons. The molecule has 7 nitrogen and oxygen atoms in total. The molecule has 0 radical (unpaired) electrons. The standard InChI is InChI=1S/C17H17NO6/c1-21-15(20)11-9-17-13(24-18-11)8-7-12(19)14(17)22-16(23-17)10-5-3-2-4-6-10/h2-8,12-14,16,19H,9H2,1H3/t12-,13+,14+,16?,17-/m1/s1. The third-order valence-corrected chi connectivity index (χ3v) is 4.57. The largest absolute Gasteiger partial charge is 0.464 e. The zero-order valence-electron chi connectivity index (χ0n) is 13.0. The molecule has 0 amide bonds. The van der Waals surface area contributed by atoms with E-state index in [2.05, 4.69) is 5.16 Å². The van der Waals surface area contributed by atoms with E-state index >= 15 is 0 Å². The zero-order chi connectivity index (χ0) is 16.7. The smallest absolute Gasteiger partial charge is 0.355 e. The van der Waals surface area contributed by atoms with Crippen LogP contribution in [0.5, 0.6) is 0 Å². The molecule has 1 fully saturated rings. The van der Waals surface area contributed by atoms with Crippen molar-refractivity contribution in [3.05, 3.63) is 48.0 Å². The first kappa shape index (κ1) is 15.3. The lowest BCUT2D eigenvalue weighted by atomic mass is 9.78. The van der Waals surface area contributed by atoms with E-state index in [1.54, 1.807) is 12.2 Å². The summed E-state index contributed by atoms with van der Waals surface area (Å²) in [6.45, 7) is 0. The number of esters is 1. The van der Waals surface area contributed by atoms with E-state index in [4.69, 9.17) is 19.0 Å². The maximum atomic E-state index is 11.8. The highest BCUT2D eigenvalue weighted by Crippen LogP contribution is 2.48. The fraction of sp³-hybridized carbons (Fsp3) is 0.412. The van der Waals surface area contributed by atoms with Crippen molar-refractivity contribution in [1.29, 1.82) is 0 Å². The van der Waals surface area contributed by atoms with Crippen molar-refractivity contribution in [1.82, 2.24) is 0 Å². The molecule has 0 aromatic heterocycles. The average molecular weight is 331 g/mol. The van der Waals surface area contributed by atoms with Gasteiger partial charge >= 0.3 is 5.97 Å². The minimum Gasteiger partial charge on any atom is -0.464 e. The lowest BCUT2D eigenvalue weighted by molar-refractivity contribution is -0.152. The Labute approximate surface area is 138 Å². The van der Waals surface area contributed by atoms with Gasteiger partial charge in [-0.25, -0.2) is 4.79 Å². The topological polar surface area (TPSA) is 86.6 Å². The summed E-state index contributed by atoms with van der Waals surface area (Å²) in [5, 5.41) is 14.2. The quantitative estimate of drug-likeness (QED) is 0.645. The Morgan fingerprint density at radius 2 is 2.12 bits per heavy atom. The number of aliphatic hydroxyl groups is 1. The predicted molar refractivity (Wildman–Crippen MR) is 82.0 cm³/mol. The van der Waals surface area contributed by atoms with Crippen LogP contribution >= 0.6 is 0 Å². The molecular weight excluding hydrogens is 314 g/mol. The number of aliphatic hydroxyl groups excluding tert-OH is 1. The highest BCUT2D eigenvalue weighted by Gasteiger charge is 2.62. The van der Waals surface area contributed by atoms with E-state index in [0.717, 1.165) is 5.56 Å². The molecule has 1 aliphatic carbocycles. The third-order valence-electron chi connectivity index (χ3n) is 4.57. The van der Waals surface area contributed by atoms with Gasteiger partial charge in [0.25, 0.3) is 0 Å². The van der Waals surface area contributed by atoms with Crippen LogP contribution in [0, 0.1) is 0 Å². The van der Waals surface area contributed by atoms with Crippen LogP contribution in [0.15, 0.2) is 47.6 Å². The van der Waals surface area contributed by atoms with E-state index in [-0.39, 0.29) is 12.1 Å². The second-order valence-electron chi connectivity index (χ2n) is 5.98. The molecule has 7 heteroatoms. The third kappa shape index (κ3) is 2.24. The lowest BCUT2D eigenvalue weighted by Crippen LogP contribution is -2.60. The SMILES string of the molecule is COC(=O)C1=NO[C@H]2C=C[C@@H](O)[C@@H]3OC(c4ccccc4)O[C@]23C1.